The minimum Gasteiger partial charge on any atom is -0.409 e. The quantitative estimate of drug-likeness (QED) is 0.336. The highest BCUT2D eigenvalue weighted by molar-refractivity contribution is 5.96. The van der Waals surface area contributed by atoms with Crippen molar-refractivity contribution in [1.29, 1.82) is 0 Å². The Balaban J connectivity index is 1.94. The molecule has 0 spiro atoms. The molecule has 0 unspecified atom stereocenters. The van der Waals surface area contributed by atoms with Crippen LogP contribution in [0.1, 0.15) is 29.7 Å². The van der Waals surface area contributed by atoms with Gasteiger partial charge in [0.2, 0.25) is 0 Å². The second-order valence-corrected chi connectivity index (χ2v) is 4.57. The maximum Gasteiger partial charge on any atom is 0.170 e. The van der Waals surface area contributed by atoms with Gasteiger partial charge in [-0.25, -0.2) is 0 Å². The first kappa shape index (κ1) is 14.0. The van der Waals surface area contributed by atoms with Gasteiger partial charge in [-0.15, -0.1) is 0 Å². The van der Waals surface area contributed by atoms with E-state index in [-0.39, 0.29) is 11.9 Å². The molecule has 0 bridgehead atoms. The van der Waals surface area contributed by atoms with Crippen LogP contribution < -0.4 is 11.1 Å². The third kappa shape index (κ3) is 3.55. The Kier molecular flexibility index (Phi) is 4.68. The van der Waals surface area contributed by atoms with Crippen LogP contribution >= 0.6 is 0 Å². The van der Waals surface area contributed by atoms with Crippen LogP contribution in [0.4, 0.5) is 0 Å². The molecule has 0 aliphatic carbocycles. The maximum absolute atomic E-state index is 8.61. The summed E-state index contributed by atoms with van der Waals surface area (Å²) in [6.07, 6.45) is 3.58. The highest BCUT2D eigenvalue weighted by atomic mass is 16.4. The van der Waals surface area contributed by atoms with Crippen molar-refractivity contribution in [2.45, 2.75) is 19.5 Å². The van der Waals surface area contributed by atoms with Gasteiger partial charge in [0.1, 0.15) is 0 Å². The molecule has 0 aliphatic heterocycles. The zero-order chi connectivity index (χ0) is 14.4. The minimum absolute atomic E-state index is 0.120. The number of amidine groups is 1. The molecule has 0 aliphatic rings. The molecule has 104 valence electrons. The summed E-state index contributed by atoms with van der Waals surface area (Å²) in [5.41, 5.74) is 8.57. The Morgan fingerprint density at radius 2 is 1.90 bits per heavy atom. The second kappa shape index (κ2) is 6.68. The molecular formula is C15H18N4O. The predicted molar refractivity (Wildman–Crippen MR) is 78.4 cm³/mol. The molecular weight excluding hydrogens is 252 g/mol. The molecule has 1 heterocycles. The van der Waals surface area contributed by atoms with E-state index in [1.54, 1.807) is 12.4 Å². The summed E-state index contributed by atoms with van der Waals surface area (Å²) < 4.78 is 0. The van der Waals surface area contributed by atoms with E-state index in [0.29, 0.717) is 5.56 Å². The van der Waals surface area contributed by atoms with E-state index in [4.69, 9.17) is 10.9 Å². The number of oxime groups is 1. The fourth-order valence-corrected chi connectivity index (χ4v) is 1.89. The molecule has 5 nitrogen and oxygen atoms in total. The summed E-state index contributed by atoms with van der Waals surface area (Å²) in [4.78, 5) is 4.01. The Labute approximate surface area is 118 Å². The van der Waals surface area contributed by atoms with Crippen LogP contribution in [0.5, 0.6) is 0 Å². The average molecular weight is 270 g/mol. The fraction of sp³-hybridized carbons (Fsp3) is 0.200. The number of nitrogens with one attached hydrogen (secondary N) is 1. The smallest absolute Gasteiger partial charge is 0.170 e. The number of hydrogen-bond acceptors (Lipinski definition) is 4. The number of aromatic nitrogens is 1. The van der Waals surface area contributed by atoms with Crippen LogP contribution in [0.2, 0.25) is 0 Å². The van der Waals surface area contributed by atoms with Crippen molar-refractivity contribution in [3.63, 3.8) is 0 Å². The van der Waals surface area contributed by atoms with Gasteiger partial charge in [-0.2, -0.15) is 0 Å². The number of hydrogen-bond donors (Lipinski definition) is 3. The third-order valence-electron chi connectivity index (χ3n) is 3.18. The number of pyridine rings is 1. The average Bonchev–Trinajstić information content (AvgIpc) is 2.53. The van der Waals surface area contributed by atoms with Gasteiger partial charge in [0.15, 0.2) is 5.84 Å². The van der Waals surface area contributed by atoms with Gasteiger partial charge in [-0.3, -0.25) is 4.98 Å². The van der Waals surface area contributed by atoms with Crippen molar-refractivity contribution in [3.05, 3.63) is 65.5 Å². The molecule has 1 aromatic heterocycles. The molecule has 4 N–H and O–H groups in total. The van der Waals surface area contributed by atoms with E-state index in [0.717, 1.165) is 12.1 Å². The topological polar surface area (TPSA) is 83.5 Å². The van der Waals surface area contributed by atoms with Crippen LogP contribution in [0.15, 0.2) is 53.9 Å². The van der Waals surface area contributed by atoms with Gasteiger partial charge in [-0.1, -0.05) is 29.4 Å². The lowest BCUT2D eigenvalue weighted by Crippen LogP contribution is -2.18. The molecule has 0 saturated heterocycles. The third-order valence-corrected chi connectivity index (χ3v) is 3.18. The van der Waals surface area contributed by atoms with Crippen LogP contribution in [-0.2, 0) is 6.54 Å². The molecule has 0 radical (unpaired) electrons. The summed E-state index contributed by atoms with van der Waals surface area (Å²) in [7, 11) is 0. The molecule has 5 heteroatoms. The first-order valence-electron chi connectivity index (χ1n) is 6.41. The highest BCUT2D eigenvalue weighted by Gasteiger charge is 2.04. The summed E-state index contributed by atoms with van der Waals surface area (Å²) in [6.45, 7) is 2.86. The van der Waals surface area contributed by atoms with E-state index >= 15 is 0 Å². The van der Waals surface area contributed by atoms with Gasteiger partial charge >= 0.3 is 0 Å². The fourth-order valence-electron chi connectivity index (χ4n) is 1.89. The molecule has 1 aromatic carbocycles. The van der Waals surface area contributed by atoms with Crippen molar-refractivity contribution in [1.82, 2.24) is 10.3 Å². The largest absolute Gasteiger partial charge is 0.409 e. The number of benzene rings is 1. The van der Waals surface area contributed by atoms with E-state index in [9.17, 15) is 0 Å². The van der Waals surface area contributed by atoms with Crippen molar-refractivity contribution in [3.8, 4) is 0 Å². The Morgan fingerprint density at radius 1 is 1.25 bits per heavy atom. The molecule has 20 heavy (non-hydrogen) atoms. The number of nitrogens with zero attached hydrogens (tertiary/aromatic N) is 2. The summed E-state index contributed by atoms with van der Waals surface area (Å²) in [6, 6.07) is 11.8. The van der Waals surface area contributed by atoms with Crippen molar-refractivity contribution in [2.24, 2.45) is 10.9 Å². The van der Waals surface area contributed by atoms with Gasteiger partial charge in [-0.05, 0) is 30.2 Å². The molecule has 0 amide bonds. The lowest BCUT2D eigenvalue weighted by molar-refractivity contribution is 0.318. The van der Waals surface area contributed by atoms with E-state index < -0.39 is 0 Å². The van der Waals surface area contributed by atoms with Gasteiger partial charge in [0.05, 0.1) is 0 Å². The van der Waals surface area contributed by atoms with Crippen LogP contribution in [-0.4, -0.2) is 16.0 Å². The van der Waals surface area contributed by atoms with Crippen LogP contribution in [0.3, 0.4) is 0 Å². The summed E-state index contributed by atoms with van der Waals surface area (Å²) in [5.74, 6) is 0.120. The second-order valence-electron chi connectivity index (χ2n) is 4.57. The van der Waals surface area contributed by atoms with Crippen molar-refractivity contribution >= 4 is 5.84 Å². The monoisotopic (exact) mass is 270 g/mol. The molecule has 0 saturated carbocycles. The predicted octanol–water partition coefficient (Wildman–Crippen LogP) is 2.03. The number of rotatable bonds is 5. The standard InChI is InChI=1S/C15H18N4O/c1-11(13-6-8-17-9-7-13)18-10-12-2-4-14(5-3-12)15(16)19-20/h2-9,11,18,20H,10H2,1H3,(H2,16,19)/t11-/m0/s1. The maximum atomic E-state index is 8.61. The Morgan fingerprint density at radius 3 is 2.50 bits per heavy atom. The summed E-state index contributed by atoms with van der Waals surface area (Å²) in [5, 5.41) is 15.0. The highest BCUT2D eigenvalue weighted by Crippen LogP contribution is 2.12. The zero-order valence-corrected chi connectivity index (χ0v) is 11.3. The normalized spacial score (nSPS) is 13.2. The van der Waals surface area contributed by atoms with Gasteiger partial charge in [0, 0.05) is 30.5 Å². The SMILES string of the molecule is C[C@H](NCc1ccc(/C(N)=N/O)cc1)c1ccncc1. The molecule has 1 atom stereocenters. The number of nitrogens with two attached hydrogens (primary N) is 1. The first-order valence-corrected chi connectivity index (χ1v) is 6.41. The Hall–Kier alpha value is -2.40. The molecule has 2 rings (SSSR count). The van der Waals surface area contributed by atoms with Gasteiger partial charge in [0.25, 0.3) is 0 Å². The minimum atomic E-state index is 0.120. The lowest BCUT2D eigenvalue weighted by Gasteiger charge is -2.14. The summed E-state index contributed by atoms with van der Waals surface area (Å²) >= 11 is 0. The van der Waals surface area contributed by atoms with Crippen molar-refractivity contribution < 1.29 is 5.21 Å². The van der Waals surface area contributed by atoms with Crippen LogP contribution in [0.25, 0.3) is 0 Å². The van der Waals surface area contributed by atoms with E-state index in [1.165, 1.54) is 5.56 Å². The first-order chi connectivity index (χ1) is 9.70. The van der Waals surface area contributed by atoms with E-state index in [2.05, 4.69) is 22.4 Å². The van der Waals surface area contributed by atoms with E-state index in [1.807, 2.05) is 36.4 Å². The lowest BCUT2D eigenvalue weighted by atomic mass is 10.1. The molecule has 0 fully saturated rings. The van der Waals surface area contributed by atoms with Crippen molar-refractivity contribution in [2.75, 3.05) is 0 Å². The van der Waals surface area contributed by atoms with Gasteiger partial charge < -0.3 is 16.3 Å². The van der Waals surface area contributed by atoms with Crippen LogP contribution in [0, 0.1) is 0 Å². The zero-order valence-electron chi connectivity index (χ0n) is 11.3. The molecule has 2 aromatic rings. The Bertz CT molecular complexity index is 566.